The minimum Gasteiger partial charge on any atom is -0.357 e. The standard InChI is InChI=1S/C16H40N2O4Si2/c1-7-19-15(20-8-2)23-13-17(5)11-12-18(6)14-24-16(21-9-3)22-10-4/h15-16H,7-14,23-24H2,1-6H3. The molecule has 0 fully saturated rings. The van der Waals surface area contributed by atoms with Crippen LogP contribution in [0.4, 0.5) is 0 Å². The van der Waals surface area contributed by atoms with Gasteiger partial charge in [0.2, 0.25) is 0 Å². The molecule has 0 aromatic rings. The van der Waals surface area contributed by atoms with E-state index >= 15 is 0 Å². The predicted molar refractivity (Wildman–Crippen MR) is 106 cm³/mol. The molecule has 6 nitrogen and oxygen atoms in total. The third-order valence-electron chi connectivity index (χ3n) is 3.77. The maximum Gasteiger partial charge on any atom is 0.136 e. The van der Waals surface area contributed by atoms with E-state index in [1.165, 1.54) is 0 Å². The van der Waals surface area contributed by atoms with Crippen LogP contribution in [0.1, 0.15) is 27.7 Å². The highest BCUT2D eigenvalue weighted by Crippen LogP contribution is 1.97. The van der Waals surface area contributed by atoms with Gasteiger partial charge in [0.1, 0.15) is 30.9 Å². The van der Waals surface area contributed by atoms with Gasteiger partial charge in [-0.25, -0.2) is 0 Å². The highest BCUT2D eigenvalue weighted by molar-refractivity contribution is 6.37. The third kappa shape index (κ3) is 13.5. The van der Waals surface area contributed by atoms with Crippen molar-refractivity contribution in [3.63, 3.8) is 0 Å². The van der Waals surface area contributed by atoms with Crippen molar-refractivity contribution < 1.29 is 18.9 Å². The summed E-state index contributed by atoms with van der Waals surface area (Å²) in [5.74, 6) is 0.122. The van der Waals surface area contributed by atoms with Gasteiger partial charge in [-0.1, -0.05) is 0 Å². The number of hydrogen-bond donors (Lipinski definition) is 0. The summed E-state index contributed by atoms with van der Waals surface area (Å²) in [5, 5.41) is 0. The molecule has 0 N–H and O–H groups in total. The average Bonchev–Trinajstić information content (AvgIpc) is 2.56. The Morgan fingerprint density at radius 3 is 1.17 bits per heavy atom. The Balaban J connectivity index is 3.88. The largest absolute Gasteiger partial charge is 0.357 e. The third-order valence-corrected chi connectivity index (χ3v) is 7.70. The van der Waals surface area contributed by atoms with E-state index in [9.17, 15) is 0 Å². The van der Waals surface area contributed by atoms with Crippen LogP contribution in [0, 0.1) is 0 Å². The minimum atomic E-state index is -0.396. The van der Waals surface area contributed by atoms with Crippen molar-refractivity contribution in [2.24, 2.45) is 0 Å². The second kappa shape index (κ2) is 16.7. The first-order valence-corrected chi connectivity index (χ1v) is 13.0. The van der Waals surface area contributed by atoms with Crippen LogP contribution < -0.4 is 0 Å². The summed E-state index contributed by atoms with van der Waals surface area (Å²) < 4.78 is 22.6. The first kappa shape index (κ1) is 24.2. The second-order valence-electron chi connectivity index (χ2n) is 5.86. The van der Waals surface area contributed by atoms with Crippen LogP contribution >= 0.6 is 0 Å². The Morgan fingerprint density at radius 2 is 0.917 bits per heavy atom. The molecule has 0 saturated heterocycles. The summed E-state index contributed by atoms with van der Waals surface area (Å²) in [6, 6.07) is 0. The van der Waals surface area contributed by atoms with Gasteiger partial charge in [-0.2, -0.15) is 0 Å². The fourth-order valence-electron chi connectivity index (χ4n) is 2.39. The molecule has 0 rings (SSSR count). The van der Waals surface area contributed by atoms with E-state index in [2.05, 4.69) is 23.9 Å². The number of rotatable bonds is 17. The summed E-state index contributed by atoms with van der Waals surface area (Å²) >= 11 is 0. The van der Waals surface area contributed by atoms with E-state index in [-0.39, 0.29) is 11.8 Å². The average molecular weight is 381 g/mol. The lowest BCUT2D eigenvalue weighted by Gasteiger charge is -2.25. The highest BCUT2D eigenvalue weighted by Gasteiger charge is 2.12. The maximum atomic E-state index is 5.65. The fourth-order valence-corrected chi connectivity index (χ4v) is 5.75. The molecule has 0 aliphatic heterocycles. The van der Waals surface area contributed by atoms with E-state index in [1.54, 1.807) is 0 Å². The van der Waals surface area contributed by atoms with Crippen LogP contribution in [0.2, 0.25) is 0 Å². The number of ether oxygens (including phenoxy) is 4. The molecule has 0 radical (unpaired) electrons. The van der Waals surface area contributed by atoms with E-state index in [4.69, 9.17) is 18.9 Å². The molecule has 0 aromatic carbocycles. The van der Waals surface area contributed by atoms with Crippen molar-refractivity contribution in [2.45, 2.75) is 39.5 Å². The summed E-state index contributed by atoms with van der Waals surface area (Å²) in [4.78, 5) is 4.80. The number of likely N-dealkylation sites (N-methyl/N-ethyl adjacent to an activating group) is 2. The fraction of sp³-hybridized carbons (Fsp3) is 1.00. The maximum absolute atomic E-state index is 5.65. The van der Waals surface area contributed by atoms with Crippen LogP contribution in [-0.4, -0.2) is 107 Å². The molecule has 0 spiro atoms. The van der Waals surface area contributed by atoms with Crippen molar-refractivity contribution in [1.29, 1.82) is 0 Å². The van der Waals surface area contributed by atoms with Crippen molar-refractivity contribution in [3.8, 4) is 0 Å². The molecule has 0 saturated carbocycles. The van der Waals surface area contributed by atoms with E-state index in [0.717, 1.165) is 51.9 Å². The van der Waals surface area contributed by atoms with Gasteiger partial charge in [0.25, 0.3) is 0 Å². The van der Waals surface area contributed by atoms with Crippen LogP contribution in [0.15, 0.2) is 0 Å². The smallest absolute Gasteiger partial charge is 0.136 e. The molecule has 0 aliphatic carbocycles. The zero-order chi connectivity index (χ0) is 18.2. The second-order valence-corrected chi connectivity index (χ2v) is 9.25. The lowest BCUT2D eigenvalue weighted by molar-refractivity contribution is -0.0837. The van der Waals surface area contributed by atoms with Crippen LogP contribution in [0.3, 0.4) is 0 Å². The molecule has 0 amide bonds. The van der Waals surface area contributed by atoms with Gasteiger partial charge in [-0.3, -0.25) is 0 Å². The van der Waals surface area contributed by atoms with E-state index < -0.39 is 19.0 Å². The first-order chi connectivity index (χ1) is 11.6. The Hall–Kier alpha value is 0.194. The normalized spacial score (nSPS) is 13.2. The van der Waals surface area contributed by atoms with Gasteiger partial charge < -0.3 is 28.7 Å². The quantitative estimate of drug-likeness (QED) is 0.258. The summed E-state index contributed by atoms with van der Waals surface area (Å²) in [6.07, 6.45) is 2.24. The molecular weight excluding hydrogens is 340 g/mol. The van der Waals surface area contributed by atoms with Gasteiger partial charge in [0.05, 0.1) is 0 Å². The van der Waals surface area contributed by atoms with Crippen molar-refractivity contribution >= 4 is 19.0 Å². The van der Waals surface area contributed by atoms with Gasteiger partial charge in [0, 0.05) is 39.5 Å². The van der Waals surface area contributed by atoms with Crippen molar-refractivity contribution in [2.75, 3.05) is 65.9 Å². The Bertz CT molecular complexity index is 240. The van der Waals surface area contributed by atoms with Gasteiger partial charge in [-0.05, 0) is 54.1 Å². The van der Waals surface area contributed by atoms with Gasteiger partial charge in [0.15, 0.2) is 0 Å². The molecule has 8 heteroatoms. The minimum absolute atomic E-state index is 0.0609. The van der Waals surface area contributed by atoms with Gasteiger partial charge >= 0.3 is 0 Å². The molecule has 0 bridgehead atoms. The van der Waals surface area contributed by atoms with Crippen molar-refractivity contribution in [3.05, 3.63) is 0 Å². The molecule has 0 atom stereocenters. The molecule has 0 unspecified atom stereocenters. The topological polar surface area (TPSA) is 43.4 Å². The summed E-state index contributed by atoms with van der Waals surface area (Å²) in [6.45, 7) is 13.2. The molecule has 24 heavy (non-hydrogen) atoms. The zero-order valence-electron chi connectivity index (χ0n) is 16.8. The van der Waals surface area contributed by atoms with Gasteiger partial charge in [-0.15, -0.1) is 0 Å². The van der Waals surface area contributed by atoms with E-state index in [0.29, 0.717) is 0 Å². The Morgan fingerprint density at radius 1 is 0.625 bits per heavy atom. The molecule has 0 aliphatic rings. The molecular formula is C16H40N2O4Si2. The molecule has 0 aromatic heterocycles. The summed E-state index contributed by atoms with van der Waals surface area (Å²) in [5.41, 5.74) is 0. The lowest BCUT2D eigenvalue weighted by Crippen LogP contribution is -2.40. The number of nitrogens with zero attached hydrogens (tertiary/aromatic N) is 2. The van der Waals surface area contributed by atoms with Crippen molar-refractivity contribution in [1.82, 2.24) is 9.80 Å². The summed E-state index contributed by atoms with van der Waals surface area (Å²) in [7, 11) is 3.59. The van der Waals surface area contributed by atoms with E-state index in [1.807, 2.05) is 27.7 Å². The van der Waals surface area contributed by atoms with Crippen LogP contribution in [-0.2, 0) is 18.9 Å². The lowest BCUT2D eigenvalue weighted by atomic mass is 10.5. The monoisotopic (exact) mass is 380 g/mol. The molecule has 0 heterocycles. The Kier molecular flexibility index (Phi) is 16.8. The SMILES string of the molecule is CCOC(OCC)[SiH2]CN(C)CCN(C)C[SiH2]C(OCC)OCC. The molecule has 146 valence electrons. The highest BCUT2D eigenvalue weighted by atomic mass is 28.2. The zero-order valence-corrected chi connectivity index (χ0v) is 19.6. The number of hydrogen-bond acceptors (Lipinski definition) is 6. The van der Waals surface area contributed by atoms with Crippen LogP contribution in [0.5, 0.6) is 0 Å². The first-order valence-electron chi connectivity index (χ1n) is 9.40. The Labute approximate surface area is 153 Å². The van der Waals surface area contributed by atoms with Crippen LogP contribution in [0.25, 0.3) is 0 Å². The predicted octanol–water partition coefficient (Wildman–Crippen LogP) is -0.184.